The van der Waals surface area contributed by atoms with Crippen molar-refractivity contribution >= 4 is 5.69 Å². The summed E-state index contributed by atoms with van der Waals surface area (Å²) in [6.45, 7) is 2.32. The van der Waals surface area contributed by atoms with Crippen LogP contribution in [0.25, 0.3) is 0 Å². The molecule has 2 bridgehead atoms. The minimum Gasteiger partial charge on any atom is -0.363 e. The van der Waals surface area contributed by atoms with Gasteiger partial charge in [-0.25, -0.2) is 0 Å². The van der Waals surface area contributed by atoms with E-state index in [2.05, 4.69) is 40.5 Å². The third-order valence-corrected chi connectivity index (χ3v) is 3.15. The fourth-order valence-corrected chi connectivity index (χ4v) is 2.50. The van der Waals surface area contributed by atoms with E-state index in [9.17, 15) is 0 Å². The van der Waals surface area contributed by atoms with Crippen LogP contribution in [0.4, 0.5) is 5.69 Å². The van der Waals surface area contributed by atoms with Gasteiger partial charge in [-0.3, -0.25) is 0 Å². The van der Waals surface area contributed by atoms with Gasteiger partial charge in [0.1, 0.15) is 0 Å². The summed E-state index contributed by atoms with van der Waals surface area (Å²) in [5.74, 6) is 0. The lowest BCUT2D eigenvalue weighted by Crippen LogP contribution is -2.68. The van der Waals surface area contributed by atoms with Crippen LogP contribution in [0.1, 0.15) is 6.42 Å². The summed E-state index contributed by atoms with van der Waals surface area (Å²) in [4.78, 5) is 2.55. The molecular weight excluding hydrogens is 160 g/mol. The molecule has 1 aromatic carbocycles. The second-order valence-electron chi connectivity index (χ2n) is 3.94. The Bertz CT molecular complexity index is 282. The van der Waals surface area contributed by atoms with Crippen LogP contribution < -0.4 is 10.2 Å². The first-order valence-corrected chi connectivity index (χ1v) is 4.99. The second kappa shape index (κ2) is 2.74. The van der Waals surface area contributed by atoms with Gasteiger partial charge in [0.15, 0.2) is 0 Å². The molecule has 0 radical (unpaired) electrons. The van der Waals surface area contributed by atoms with Crippen LogP contribution in [0.2, 0.25) is 0 Å². The third kappa shape index (κ3) is 1.05. The zero-order chi connectivity index (χ0) is 8.67. The number of rotatable bonds is 1. The van der Waals surface area contributed by atoms with Crippen LogP contribution in [0.5, 0.6) is 0 Å². The molecule has 2 heterocycles. The van der Waals surface area contributed by atoms with Gasteiger partial charge in [0, 0.05) is 30.9 Å². The average molecular weight is 174 g/mol. The van der Waals surface area contributed by atoms with Crippen LogP contribution >= 0.6 is 0 Å². The van der Waals surface area contributed by atoms with Gasteiger partial charge in [-0.05, 0) is 18.6 Å². The molecule has 2 nitrogen and oxygen atoms in total. The molecule has 0 saturated carbocycles. The first kappa shape index (κ1) is 7.39. The molecule has 0 spiro atoms. The lowest BCUT2D eigenvalue weighted by atomic mass is 9.88. The Morgan fingerprint density at radius 1 is 1.08 bits per heavy atom. The molecule has 2 aliphatic heterocycles. The average Bonchev–Trinajstić information content (AvgIpc) is 2.20. The molecule has 3 rings (SSSR count). The second-order valence-corrected chi connectivity index (χ2v) is 3.94. The van der Waals surface area contributed by atoms with Crippen molar-refractivity contribution in [2.24, 2.45) is 0 Å². The Morgan fingerprint density at radius 3 is 2.38 bits per heavy atom. The van der Waals surface area contributed by atoms with Crippen molar-refractivity contribution in [1.29, 1.82) is 0 Å². The van der Waals surface area contributed by atoms with Crippen molar-refractivity contribution in [3.63, 3.8) is 0 Å². The number of benzene rings is 1. The zero-order valence-corrected chi connectivity index (χ0v) is 7.61. The third-order valence-electron chi connectivity index (χ3n) is 3.15. The summed E-state index contributed by atoms with van der Waals surface area (Å²) in [6, 6.07) is 12.3. The topological polar surface area (TPSA) is 15.3 Å². The van der Waals surface area contributed by atoms with Gasteiger partial charge in [0.05, 0.1) is 0 Å². The summed E-state index contributed by atoms with van der Waals surface area (Å²) < 4.78 is 0. The van der Waals surface area contributed by atoms with E-state index >= 15 is 0 Å². The number of piperidine rings is 1. The molecule has 2 saturated heterocycles. The van der Waals surface area contributed by atoms with Gasteiger partial charge < -0.3 is 10.2 Å². The molecule has 13 heavy (non-hydrogen) atoms. The van der Waals surface area contributed by atoms with Gasteiger partial charge in [0.25, 0.3) is 0 Å². The molecule has 2 unspecified atom stereocenters. The Balaban J connectivity index is 1.87. The first-order chi connectivity index (χ1) is 6.45. The molecule has 1 N–H and O–H groups in total. The van der Waals surface area contributed by atoms with Gasteiger partial charge in [0.2, 0.25) is 0 Å². The van der Waals surface area contributed by atoms with Gasteiger partial charge in [-0.1, -0.05) is 18.2 Å². The number of fused-ring (bicyclic) bond motifs is 2. The quantitative estimate of drug-likeness (QED) is 0.689. The normalized spacial score (nSPS) is 31.2. The maximum Gasteiger partial charge on any atom is 0.0438 e. The van der Waals surface area contributed by atoms with Crippen molar-refractivity contribution in [2.75, 3.05) is 18.0 Å². The van der Waals surface area contributed by atoms with E-state index in [1.807, 2.05) is 0 Å². The number of anilines is 1. The minimum absolute atomic E-state index is 0.751. The van der Waals surface area contributed by atoms with Gasteiger partial charge in [-0.15, -0.1) is 0 Å². The standard InChI is InChI=1S/C11H14N2/c1-2-4-9(5-3-1)13-10-6-11(13)8-12-7-10/h1-5,10-12H,6-8H2. The number of nitrogens with one attached hydrogen (secondary N) is 1. The molecule has 0 aliphatic carbocycles. The summed E-state index contributed by atoms with van der Waals surface area (Å²) in [5.41, 5.74) is 1.39. The smallest absolute Gasteiger partial charge is 0.0438 e. The van der Waals surface area contributed by atoms with Gasteiger partial charge in [-0.2, -0.15) is 0 Å². The maximum absolute atomic E-state index is 3.44. The van der Waals surface area contributed by atoms with Crippen molar-refractivity contribution in [2.45, 2.75) is 18.5 Å². The number of hydrogen-bond donors (Lipinski definition) is 1. The zero-order valence-electron chi connectivity index (χ0n) is 7.61. The van der Waals surface area contributed by atoms with E-state index in [1.54, 1.807) is 0 Å². The van der Waals surface area contributed by atoms with E-state index in [-0.39, 0.29) is 0 Å². The number of para-hydroxylation sites is 1. The number of nitrogens with zero attached hydrogens (tertiary/aromatic N) is 1. The van der Waals surface area contributed by atoms with Crippen molar-refractivity contribution in [1.82, 2.24) is 5.32 Å². The molecule has 2 aliphatic rings. The highest BCUT2D eigenvalue weighted by molar-refractivity contribution is 5.52. The highest BCUT2D eigenvalue weighted by Crippen LogP contribution is 2.33. The monoisotopic (exact) mass is 174 g/mol. The highest BCUT2D eigenvalue weighted by Gasteiger charge is 2.40. The Labute approximate surface area is 78.6 Å². The molecule has 1 aromatic rings. The van der Waals surface area contributed by atoms with Crippen molar-refractivity contribution in [3.8, 4) is 0 Å². The molecular formula is C11H14N2. The number of hydrogen-bond acceptors (Lipinski definition) is 2. The summed E-state index contributed by atoms with van der Waals surface area (Å²) >= 11 is 0. The predicted octanol–water partition coefficient (Wildman–Crippen LogP) is 1.24. The van der Waals surface area contributed by atoms with E-state index in [0.29, 0.717) is 0 Å². The summed E-state index contributed by atoms with van der Waals surface area (Å²) in [7, 11) is 0. The Morgan fingerprint density at radius 2 is 1.77 bits per heavy atom. The van der Waals surface area contributed by atoms with Crippen LogP contribution in [0, 0.1) is 0 Å². The van der Waals surface area contributed by atoms with E-state index in [1.165, 1.54) is 12.1 Å². The van der Waals surface area contributed by atoms with E-state index in [0.717, 1.165) is 25.2 Å². The van der Waals surface area contributed by atoms with Crippen molar-refractivity contribution < 1.29 is 0 Å². The van der Waals surface area contributed by atoms with Gasteiger partial charge >= 0.3 is 0 Å². The fourth-order valence-electron chi connectivity index (χ4n) is 2.50. The largest absolute Gasteiger partial charge is 0.363 e. The lowest BCUT2D eigenvalue weighted by Gasteiger charge is -2.54. The Kier molecular flexibility index (Phi) is 1.56. The highest BCUT2D eigenvalue weighted by atomic mass is 15.3. The molecule has 2 heteroatoms. The van der Waals surface area contributed by atoms with Crippen molar-refractivity contribution in [3.05, 3.63) is 30.3 Å². The minimum atomic E-state index is 0.751. The summed E-state index contributed by atoms with van der Waals surface area (Å²) in [5, 5.41) is 3.44. The SMILES string of the molecule is c1ccc(N2C3CNCC2C3)cc1. The van der Waals surface area contributed by atoms with Crippen LogP contribution in [-0.2, 0) is 0 Å². The Hall–Kier alpha value is -1.02. The molecule has 0 aromatic heterocycles. The fraction of sp³-hybridized carbons (Fsp3) is 0.455. The van der Waals surface area contributed by atoms with Crippen LogP contribution in [0.15, 0.2) is 30.3 Å². The van der Waals surface area contributed by atoms with E-state index < -0.39 is 0 Å². The number of piperazine rings is 1. The molecule has 68 valence electrons. The van der Waals surface area contributed by atoms with Crippen LogP contribution in [-0.4, -0.2) is 25.2 Å². The predicted molar refractivity (Wildman–Crippen MR) is 54.0 cm³/mol. The summed E-state index contributed by atoms with van der Waals surface area (Å²) in [6.07, 6.45) is 1.38. The van der Waals surface area contributed by atoms with E-state index in [4.69, 9.17) is 0 Å². The first-order valence-electron chi connectivity index (χ1n) is 4.99. The molecule has 0 amide bonds. The molecule has 2 fully saturated rings. The molecule has 2 atom stereocenters. The maximum atomic E-state index is 3.44. The lowest BCUT2D eigenvalue weighted by molar-refractivity contribution is 0.263. The van der Waals surface area contributed by atoms with Crippen LogP contribution in [0.3, 0.4) is 0 Å².